The van der Waals surface area contributed by atoms with E-state index in [2.05, 4.69) is 10.4 Å². The smallest absolute Gasteiger partial charge is 0.274 e. The first-order chi connectivity index (χ1) is 9.40. The molecule has 6 nitrogen and oxygen atoms in total. The molecule has 2 aromatic rings. The van der Waals surface area contributed by atoms with E-state index >= 15 is 0 Å². The van der Waals surface area contributed by atoms with Gasteiger partial charge >= 0.3 is 0 Å². The maximum Gasteiger partial charge on any atom is 0.274 e. The van der Waals surface area contributed by atoms with Gasteiger partial charge in [-0.2, -0.15) is 5.10 Å². The highest BCUT2D eigenvalue weighted by Gasteiger charge is 2.13. The molecule has 1 aromatic heterocycles. The van der Waals surface area contributed by atoms with Gasteiger partial charge in [0, 0.05) is 42.2 Å². The van der Waals surface area contributed by atoms with Crippen molar-refractivity contribution in [3.05, 3.63) is 50.8 Å². The van der Waals surface area contributed by atoms with Gasteiger partial charge in [-0.3, -0.25) is 14.8 Å². The summed E-state index contributed by atoms with van der Waals surface area (Å²) in [6.07, 6.45) is 1.81. The van der Waals surface area contributed by atoms with Gasteiger partial charge in [0.25, 0.3) is 5.69 Å². The number of nitro groups is 1. The summed E-state index contributed by atoms with van der Waals surface area (Å²) < 4.78 is 1.81. The lowest BCUT2D eigenvalue weighted by Crippen LogP contribution is -2.04. The topological polar surface area (TPSA) is 73.0 Å². The molecule has 0 spiro atoms. The molecule has 1 aromatic carbocycles. The van der Waals surface area contributed by atoms with Crippen LogP contribution in [0.5, 0.6) is 0 Å². The molecule has 1 N–H and O–H groups in total. The first kappa shape index (κ1) is 14.0. The Bertz CT molecular complexity index is 661. The number of aryl methyl sites for hydroxylation is 3. The van der Waals surface area contributed by atoms with Gasteiger partial charge in [-0.1, -0.05) is 0 Å². The molecule has 6 heteroatoms. The van der Waals surface area contributed by atoms with Crippen LogP contribution in [0.25, 0.3) is 0 Å². The molecule has 106 valence electrons. The minimum absolute atomic E-state index is 0.140. The Morgan fingerprint density at radius 1 is 1.30 bits per heavy atom. The van der Waals surface area contributed by atoms with Crippen molar-refractivity contribution < 1.29 is 4.92 Å². The van der Waals surface area contributed by atoms with Crippen molar-refractivity contribution >= 4 is 11.4 Å². The van der Waals surface area contributed by atoms with E-state index in [1.807, 2.05) is 31.6 Å². The summed E-state index contributed by atoms with van der Waals surface area (Å²) in [6, 6.07) is 3.42. The van der Waals surface area contributed by atoms with Crippen molar-refractivity contribution in [1.82, 2.24) is 9.78 Å². The van der Waals surface area contributed by atoms with Gasteiger partial charge in [-0.15, -0.1) is 0 Å². The van der Waals surface area contributed by atoms with Crippen LogP contribution in [0.4, 0.5) is 11.4 Å². The zero-order valence-corrected chi connectivity index (χ0v) is 12.1. The molecule has 0 unspecified atom stereocenters. The molecule has 0 saturated heterocycles. The Morgan fingerprint density at radius 3 is 2.55 bits per heavy atom. The van der Waals surface area contributed by atoms with E-state index in [-0.39, 0.29) is 10.6 Å². The molecule has 0 aliphatic rings. The third-order valence-electron chi connectivity index (χ3n) is 3.55. The second-order valence-corrected chi connectivity index (χ2v) is 4.94. The SMILES string of the molecule is Cc1cc(C)c([N+](=O)[O-])cc1NCc1cnn(C)c1C. The minimum Gasteiger partial charge on any atom is -0.380 e. The molecule has 0 fully saturated rings. The molecule has 1 heterocycles. The lowest BCUT2D eigenvalue weighted by molar-refractivity contribution is -0.385. The van der Waals surface area contributed by atoms with Crippen LogP contribution in [0.15, 0.2) is 18.3 Å². The van der Waals surface area contributed by atoms with E-state index in [1.54, 1.807) is 19.2 Å². The van der Waals surface area contributed by atoms with Crippen molar-refractivity contribution in [3.8, 4) is 0 Å². The number of aromatic nitrogens is 2. The summed E-state index contributed by atoms with van der Waals surface area (Å²) in [5, 5.41) is 18.4. The molecule has 0 amide bonds. The van der Waals surface area contributed by atoms with Crippen LogP contribution in [-0.2, 0) is 13.6 Å². The maximum absolute atomic E-state index is 11.0. The fourth-order valence-electron chi connectivity index (χ4n) is 2.14. The number of benzene rings is 1. The highest BCUT2D eigenvalue weighted by atomic mass is 16.6. The van der Waals surface area contributed by atoms with E-state index in [4.69, 9.17) is 0 Å². The van der Waals surface area contributed by atoms with E-state index in [1.165, 1.54) is 0 Å². The van der Waals surface area contributed by atoms with Gasteiger partial charge in [0.1, 0.15) is 0 Å². The molecule has 0 aliphatic heterocycles. The summed E-state index contributed by atoms with van der Waals surface area (Å²) in [5.41, 5.74) is 4.75. The monoisotopic (exact) mass is 274 g/mol. The molecule has 20 heavy (non-hydrogen) atoms. The number of rotatable bonds is 4. The first-order valence-electron chi connectivity index (χ1n) is 6.37. The number of nitro benzene ring substituents is 1. The standard InChI is InChI=1S/C14H18N4O2/c1-9-5-10(2)14(18(19)20)6-13(9)15-7-12-8-16-17(4)11(12)3/h5-6,8,15H,7H2,1-4H3. The molecule has 0 saturated carbocycles. The van der Waals surface area contributed by atoms with E-state index in [0.29, 0.717) is 12.1 Å². The van der Waals surface area contributed by atoms with E-state index in [0.717, 1.165) is 22.5 Å². The summed E-state index contributed by atoms with van der Waals surface area (Å²) in [6.45, 7) is 6.28. The molecule has 2 rings (SSSR count). The van der Waals surface area contributed by atoms with Gasteiger partial charge in [-0.05, 0) is 32.4 Å². The molecule has 0 radical (unpaired) electrons. The number of nitrogens with one attached hydrogen (secondary N) is 1. The van der Waals surface area contributed by atoms with E-state index in [9.17, 15) is 10.1 Å². The fourth-order valence-corrected chi connectivity index (χ4v) is 2.14. The molecule has 0 bridgehead atoms. The number of hydrogen-bond donors (Lipinski definition) is 1. The zero-order chi connectivity index (χ0) is 14.9. The van der Waals surface area contributed by atoms with Gasteiger partial charge < -0.3 is 5.32 Å². The summed E-state index contributed by atoms with van der Waals surface area (Å²) >= 11 is 0. The zero-order valence-electron chi connectivity index (χ0n) is 12.1. The fraction of sp³-hybridized carbons (Fsp3) is 0.357. The van der Waals surface area contributed by atoms with Crippen molar-refractivity contribution in [1.29, 1.82) is 0 Å². The Labute approximate surface area is 117 Å². The maximum atomic E-state index is 11.0. The van der Waals surface area contributed by atoms with Crippen LogP contribution in [0.2, 0.25) is 0 Å². The second kappa shape index (κ2) is 5.32. The molecular weight excluding hydrogens is 256 g/mol. The Morgan fingerprint density at radius 2 is 2.00 bits per heavy atom. The Balaban J connectivity index is 2.23. The lowest BCUT2D eigenvalue weighted by atomic mass is 10.1. The van der Waals surface area contributed by atoms with Crippen molar-refractivity contribution in [2.24, 2.45) is 7.05 Å². The van der Waals surface area contributed by atoms with Crippen LogP contribution < -0.4 is 5.32 Å². The van der Waals surface area contributed by atoms with Crippen LogP contribution in [-0.4, -0.2) is 14.7 Å². The average molecular weight is 274 g/mol. The third-order valence-corrected chi connectivity index (χ3v) is 3.55. The largest absolute Gasteiger partial charge is 0.380 e. The van der Waals surface area contributed by atoms with Gasteiger partial charge in [0.15, 0.2) is 0 Å². The van der Waals surface area contributed by atoms with Crippen molar-refractivity contribution in [2.45, 2.75) is 27.3 Å². The van der Waals surface area contributed by atoms with Gasteiger partial charge in [0.05, 0.1) is 11.1 Å². The quantitative estimate of drug-likeness (QED) is 0.687. The predicted octanol–water partition coefficient (Wildman–Crippen LogP) is 2.87. The van der Waals surface area contributed by atoms with Crippen LogP contribution in [0.3, 0.4) is 0 Å². The lowest BCUT2D eigenvalue weighted by Gasteiger charge is -2.10. The number of nitrogens with zero attached hydrogens (tertiary/aromatic N) is 3. The summed E-state index contributed by atoms with van der Waals surface area (Å²) in [4.78, 5) is 10.6. The Kier molecular flexibility index (Phi) is 3.74. The minimum atomic E-state index is -0.352. The normalized spacial score (nSPS) is 10.6. The van der Waals surface area contributed by atoms with Crippen LogP contribution >= 0.6 is 0 Å². The van der Waals surface area contributed by atoms with Crippen molar-refractivity contribution in [2.75, 3.05) is 5.32 Å². The van der Waals surface area contributed by atoms with Crippen molar-refractivity contribution in [3.63, 3.8) is 0 Å². The van der Waals surface area contributed by atoms with Gasteiger partial charge in [-0.25, -0.2) is 0 Å². The Hall–Kier alpha value is -2.37. The molecule has 0 aliphatic carbocycles. The van der Waals surface area contributed by atoms with Crippen LogP contribution in [0, 0.1) is 30.9 Å². The third kappa shape index (κ3) is 2.64. The first-order valence-corrected chi connectivity index (χ1v) is 6.37. The second-order valence-electron chi connectivity index (χ2n) is 4.94. The number of anilines is 1. The molecule has 0 atom stereocenters. The summed E-state index contributed by atoms with van der Waals surface area (Å²) in [5.74, 6) is 0. The average Bonchev–Trinajstić information content (AvgIpc) is 2.69. The highest BCUT2D eigenvalue weighted by molar-refractivity contribution is 5.60. The predicted molar refractivity (Wildman–Crippen MR) is 77.8 cm³/mol. The highest BCUT2D eigenvalue weighted by Crippen LogP contribution is 2.26. The molecular formula is C14H18N4O2. The van der Waals surface area contributed by atoms with Crippen LogP contribution in [0.1, 0.15) is 22.4 Å². The summed E-state index contributed by atoms with van der Waals surface area (Å²) in [7, 11) is 1.89. The van der Waals surface area contributed by atoms with Gasteiger partial charge in [0.2, 0.25) is 0 Å². The van der Waals surface area contributed by atoms with E-state index < -0.39 is 0 Å². The number of hydrogen-bond acceptors (Lipinski definition) is 4.